The molecule has 2 rings (SSSR count). The van der Waals surface area contributed by atoms with Crippen molar-refractivity contribution < 1.29 is 34.8 Å². The molecule has 31 heavy (non-hydrogen) atoms. The number of phenolic OH excluding ortho intramolecular Hbond substituents is 4. The van der Waals surface area contributed by atoms with E-state index in [1.165, 1.54) is 42.5 Å². The van der Waals surface area contributed by atoms with Gasteiger partial charge in [0.2, 0.25) is 0 Å². The lowest BCUT2D eigenvalue weighted by atomic mass is 10.0. The number of esters is 1. The maximum atomic E-state index is 12.6. The highest BCUT2D eigenvalue weighted by Crippen LogP contribution is 2.26. The first-order valence-electron chi connectivity index (χ1n) is 9.64. The first-order chi connectivity index (χ1) is 14.4. The van der Waals surface area contributed by atoms with Crippen LogP contribution in [0.1, 0.15) is 31.9 Å². The minimum absolute atomic E-state index is 0.131. The maximum Gasteiger partial charge on any atom is 0.324 e. The van der Waals surface area contributed by atoms with Crippen molar-refractivity contribution >= 4 is 17.8 Å². The van der Waals surface area contributed by atoms with Crippen molar-refractivity contribution in [1.29, 1.82) is 0 Å². The molecule has 8 nitrogen and oxygen atoms in total. The summed E-state index contributed by atoms with van der Waals surface area (Å²) in [6.07, 6.45) is 2.90. The molecule has 0 amide bonds. The Morgan fingerprint density at radius 2 is 1.58 bits per heavy atom. The average Bonchev–Trinajstić information content (AvgIpc) is 2.67. The van der Waals surface area contributed by atoms with Gasteiger partial charge in [-0.15, -0.1) is 0 Å². The molecule has 0 unspecified atom stereocenters. The fraction of sp³-hybridized carbons (Fsp3) is 0.304. The normalized spacial score (nSPS) is 12.6. The molecule has 2 aromatic carbocycles. The van der Waals surface area contributed by atoms with Crippen LogP contribution < -0.4 is 5.32 Å². The highest BCUT2D eigenvalue weighted by Gasteiger charge is 2.26. The van der Waals surface area contributed by atoms with Gasteiger partial charge in [-0.25, -0.2) is 0 Å². The third kappa shape index (κ3) is 7.67. The van der Waals surface area contributed by atoms with Gasteiger partial charge in [0.15, 0.2) is 28.8 Å². The molecular formula is C23H27NO7. The fourth-order valence-electron chi connectivity index (χ4n) is 2.66. The molecule has 0 aromatic heterocycles. The van der Waals surface area contributed by atoms with Crippen molar-refractivity contribution in [1.82, 2.24) is 5.32 Å². The van der Waals surface area contributed by atoms with Crippen LogP contribution in [0.15, 0.2) is 42.5 Å². The van der Waals surface area contributed by atoms with Gasteiger partial charge in [-0.2, -0.15) is 0 Å². The zero-order valence-corrected chi connectivity index (χ0v) is 17.6. The van der Waals surface area contributed by atoms with Crippen LogP contribution in [0.4, 0.5) is 0 Å². The Labute approximate surface area is 180 Å². The first-order valence-corrected chi connectivity index (χ1v) is 9.64. The summed E-state index contributed by atoms with van der Waals surface area (Å²) in [5, 5.41) is 40.9. The molecule has 5 N–H and O–H groups in total. The zero-order chi connectivity index (χ0) is 23.2. The Kier molecular flexibility index (Phi) is 7.66. The standard InChI is InChI=1S/C23H27NO7/c1-23(2,3)31-22(30)17(10-15-6-9-19(27)21(29)12-15)24-13-16(25)7-4-14-5-8-18(26)20(28)11-14/h4-9,11-12,17,24,26-29H,10,13H2,1-3H3/t17-/m1/s1. The van der Waals surface area contributed by atoms with Gasteiger partial charge in [0.1, 0.15) is 11.6 Å². The van der Waals surface area contributed by atoms with Gasteiger partial charge in [-0.1, -0.05) is 18.2 Å². The molecule has 0 radical (unpaired) electrons. The fourth-order valence-corrected chi connectivity index (χ4v) is 2.66. The smallest absolute Gasteiger partial charge is 0.324 e. The van der Waals surface area contributed by atoms with Crippen LogP contribution in [0, 0.1) is 0 Å². The van der Waals surface area contributed by atoms with Gasteiger partial charge in [-0.3, -0.25) is 14.9 Å². The van der Waals surface area contributed by atoms with E-state index < -0.39 is 17.6 Å². The number of hydrogen-bond acceptors (Lipinski definition) is 8. The van der Waals surface area contributed by atoms with E-state index in [1.54, 1.807) is 26.8 Å². The summed E-state index contributed by atoms with van der Waals surface area (Å²) in [5.74, 6) is -2.02. The zero-order valence-electron chi connectivity index (χ0n) is 17.6. The Morgan fingerprint density at radius 3 is 2.16 bits per heavy atom. The molecule has 2 aromatic rings. The van der Waals surface area contributed by atoms with E-state index in [1.807, 2.05) is 0 Å². The Hall–Kier alpha value is -3.52. The number of benzene rings is 2. The first kappa shape index (κ1) is 23.8. The van der Waals surface area contributed by atoms with E-state index in [0.717, 1.165) is 0 Å². The molecule has 0 saturated carbocycles. The molecule has 0 aliphatic heterocycles. The largest absolute Gasteiger partial charge is 0.504 e. The van der Waals surface area contributed by atoms with Crippen LogP contribution in [-0.2, 0) is 20.7 Å². The molecule has 0 bridgehead atoms. The molecular weight excluding hydrogens is 402 g/mol. The van der Waals surface area contributed by atoms with Crippen LogP contribution in [0.5, 0.6) is 23.0 Å². The Morgan fingerprint density at radius 1 is 0.968 bits per heavy atom. The number of nitrogens with one attached hydrogen (secondary N) is 1. The van der Waals surface area contributed by atoms with Crippen LogP contribution in [0.2, 0.25) is 0 Å². The second-order valence-electron chi connectivity index (χ2n) is 8.04. The lowest BCUT2D eigenvalue weighted by Crippen LogP contribution is -2.44. The number of carbonyl (C=O) groups excluding carboxylic acids is 2. The van der Waals surface area contributed by atoms with Crippen molar-refractivity contribution in [2.45, 2.75) is 38.8 Å². The summed E-state index contributed by atoms with van der Waals surface area (Å²) in [5.41, 5.74) is 0.368. The lowest BCUT2D eigenvalue weighted by molar-refractivity contribution is -0.157. The van der Waals surface area contributed by atoms with Crippen molar-refractivity contribution in [3.05, 3.63) is 53.6 Å². The summed E-state index contributed by atoms with van der Waals surface area (Å²) in [4.78, 5) is 24.8. The van der Waals surface area contributed by atoms with Gasteiger partial charge in [0, 0.05) is 0 Å². The Balaban J connectivity index is 2.07. The van der Waals surface area contributed by atoms with Gasteiger partial charge in [0.25, 0.3) is 0 Å². The van der Waals surface area contributed by atoms with Crippen molar-refractivity contribution in [2.24, 2.45) is 0 Å². The van der Waals surface area contributed by atoms with Crippen molar-refractivity contribution in [2.75, 3.05) is 6.54 Å². The highest BCUT2D eigenvalue weighted by molar-refractivity contribution is 5.95. The predicted octanol–water partition coefficient (Wildman–Crippen LogP) is 2.63. The molecule has 0 heterocycles. The number of aromatic hydroxyl groups is 4. The van der Waals surface area contributed by atoms with E-state index in [-0.39, 0.29) is 41.7 Å². The maximum absolute atomic E-state index is 12.6. The number of carbonyl (C=O) groups is 2. The van der Waals surface area contributed by atoms with Crippen LogP contribution in [0.3, 0.4) is 0 Å². The second-order valence-corrected chi connectivity index (χ2v) is 8.04. The van der Waals surface area contributed by atoms with Crippen LogP contribution >= 0.6 is 0 Å². The third-order valence-electron chi connectivity index (χ3n) is 4.15. The van der Waals surface area contributed by atoms with Crippen molar-refractivity contribution in [3.63, 3.8) is 0 Å². The molecule has 166 valence electrons. The molecule has 0 aliphatic rings. The highest BCUT2D eigenvalue weighted by atomic mass is 16.6. The number of ketones is 1. The third-order valence-corrected chi connectivity index (χ3v) is 4.15. The number of rotatable bonds is 8. The topological polar surface area (TPSA) is 136 Å². The van der Waals surface area contributed by atoms with Gasteiger partial charge in [0.05, 0.1) is 6.54 Å². The summed E-state index contributed by atoms with van der Waals surface area (Å²) in [6.45, 7) is 5.04. The molecule has 0 spiro atoms. The lowest BCUT2D eigenvalue weighted by Gasteiger charge is -2.24. The summed E-state index contributed by atoms with van der Waals surface area (Å²) in [6, 6.07) is 7.51. The second kappa shape index (κ2) is 9.99. The van der Waals surface area contributed by atoms with Gasteiger partial charge >= 0.3 is 5.97 Å². The summed E-state index contributed by atoms with van der Waals surface area (Å²) < 4.78 is 5.42. The molecule has 0 aliphatic carbocycles. The molecule has 1 atom stereocenters. The average molecular weight is 429 g/mol. The van der Waals surface area contributed by atoms with E-state index in [4.69, 9.17) is 4.74 Å². The predicted molar refractivity (Wildman–Crippen MR) is 115 cm³/mol. The Bertz CT molecular complexity index is 976. The van der Waals surface area contributed by atoms with Crippen LogP contribution in [-0.4, -0.2) is 50.4 Å². The molecule has 8 heteroatoms. The minimum Gasteiger partial charge on any atom is -0.504 e. The van der Waals surface area contributed by atoms with E-state index in [9.17, 15) is 30.0 Å². The van der Waals surface area contributed by atoms with Crippen LogP contribution in [0.25, 0.3) is 6.08 Å². The molecule has 0 fully saturated rings. The van der Waals surface area contributed by atoms with E-state index >= 15 is 0 Å². The number of phenols is 4. The summed E-state index contributed by atoms with van der Waals surface area (Å²) in [7, 11) is 0. The van der Waals surface area contributed by atoms with Gasteiger partial charge in [-0.05, 0) is 68.7 Å². The van der Waals surface area contributed by atoms with Gasteiger partial charge < -0.3 is 25.2 Å². The SMILES string of the molecule is CC(C)(C)OC(=O)[C@@H](Cc1ccc(O)c(O)c1)NCC(=O)C=Cc1ccc(O)c(O)c1. The molecule has 0 saturated heterocycles. The number of ether oxygens (including phenoxy) is 1. The number of hydrogen-bond donors (Lipinski definition) is 5. The summed E-state index contributed by atoms with van der Waals surface area (Å²) >= 11 is 0. The van der Waals surface area contributed by atoms with E-state index in [0.29, 0.717) is 11.1 Å². The quantitative estimate of drug-likeness (QED) is 0.245. The van der Waals surface area contributed by atoms with E-state index in [2.05, 4.69) is 5.32 Å². The minimum atomic E-state index is -0.863. The van der Waals surface area contributed by atoms with Crippen molar-refractivity contribution in [3.8, 4) is 23.0 Å². The monoisotopic (exact) mass is 429 g/mol.